The van der Waals surface area contributed by atoms with Gasteiger partial charge in [-0.2, -0.15) is 0 Å². The number of anilines is 3. The Morgan fingerprint density at radius 3 is 1.36 bits per heavy atom. The number of rotatable bonds is 16. The molecule has 0 amide bonds. The normalized spacial score (nSPS) is 11.3. The summed E-state index contributed by atoms with van der Waals surface area (Å²) in [7, 11) is 17.3. The molecule has 3 rings (SSSR count). The van der Waals surface area contributed by atoms with Crippen LogP contribution in [0, 0.1) is 0 Å². The zero-order valence-electron chi connectivity index (χ0n) is 27.4. The Morgan fingerprint density at radius 1 is 0.682 bits per heavy atom. The maximum atomic E-state index is 11.1. The van der Waals surface area contributed by atoms with Crippen molar-refractivity contribution in [1.82, 2.24) is 0 Å². The first-order valence-corrected chi connectivity index (χ1v) is 14.1. The highest BCUT2D eigenvalue weighted by atomic mass is 16.5. The molecule has 0 aromatic heterocycles. The van der Waals surface area contributed by atoms with Gasteiger partial charge < -0.3 is 48.6 Å². The minimum absolute atomic E-state index is 0.0729. The zero-order chi connectivity index (χ0) is 32.6. The number of aliphatic carboxylic acids is 1. The number of hydrogen-bond donors (Lipinski definition) is 2. The molecule has 11 nitrogen and oxygen atoms in total. The smallest absolute Gasteiger partial charge is 0.303 e. The van der Waals surface area contributed by atoms with Crippen LogP contribution in [0.15, 0.2) is 36.4 Å². The molecule has 0 bridgehead atoms. The molecule has 240 valence electrons. The summed E-state index contributed by atoms with van der Waals surface area (Å²) < 4.78 is 36.2. The van der Waals surface area contributed by atoms with Gasteiger partial charge in [0.1, 0.15) is 34.5 Å². The van der Waals surface area contributed by atoms with Crippen molar-refractivity contribution in [3.05, 3.63) is 53.1 Å². The second-order valence-corrected chi connectivity index (χ2v) is 10.3. The summed E-state index contributed by atoms with van der Waals surface area (Å²) in [5.41, 5.74) is 4.62. The molecule has 0 aliphatic rings. The Bertz CT molecular complexity index is 1370. The van der Waals surface area contributed by atoms with Crippen molar-refractivity contribution in [2.24, 2.45) is 0 Å². The minimum Gasteiger partial charge on any atom is -0.496 e. The molecule has 1 atom stereocenters. The summed E-state index contributed by atoms with van der Waals surface area (Å²) in [6.45, 7) is 0.530. The number of nitrogens with zero attached hydrogens (tertiary/aromatic N) is 2. The van der Waals surface area contributed by atoms with E-state index in [1.807, 2.05) is 74.4 Å². The number of carboxylic acid groups (broad SMARTS) is 1. The predicted molar refractivity (Wildman–Crippen MR) is 174 cm³/mol. The van der Waals surface area contributed by atoms with E-state index < -0.39 is 11.9 Å². The number of carboxylic acids is 1. The number of benzene rings is 3. The summed E-state index contributed by atoms with van der Waals surface area (Å²) in [5, 5.41) is 12.3. The van der Waals surface area contributed by atoms with Crippen LogP contribution in [0.5, 0.6) is 34.5 Å². The highest BCUT2D eigenvalue weighted by Crippen LogP contribution is 2.55. The first kappa shape index (κ1) is 33.8. The lowest BCUT2D eigenvalue weighted by Crippen LogP contribution is -2.20. The van der Waals surface area contributed by atoms with Gasteiger partial charge in [0.05, 0.1) is 48.6 Å². The van der Waals surface area contributed by atoms with E-state index in [1.54, 1.807) is 42.7 Å². The SMILES string of the molecule is CNc1cc(OC)c(C(c2c(OC)cc(N(C)C)cc2OC)c2c(OC)cc(N(C)CCCC(=O)O)cc2OC)c(OC)c1. The van der Waals surface area contributed by atoms with Gasteiger partial charge in [-0.1, -0.05) is 0 Å². The van der Waals surface area contributed by atoms with Crippen molar-refractivity contribution in [3.8, 4) is 34.5 Å². The summed E-state index contributed by atoms with van der Waals surface area (Å²) in [4.78, 5) is 15.1. The van der Waals surface area contributed by atoms with Gasteiger partial charge in [-0.25, -0.2) is 0 Å². The molecule has 3 aromatic carbocycles. The first-order valence-electron chi connectivity index (χ1n) is 14.1. The van der Waals surface area contributed by atoms with Gasteiger partial charge in [-0.3, -0.25) is 4.79 Å². The van der Waals surface area contributed by atoms with Crippen LogP contribution < -0.4 is 43.5 Å². The third-order valence-corrected chi connectivity index (χ3v) is 7.60. The standard InChI is InChI=1S/C33H45N3O8/c1-34-20-14-23(39-5)30(24(15-20)40-6)33(31-25(41-7)16-21(35(2)3)17-26(31)42-8)32-27(43-9)18-22(19-28(32)44-10)36(4)13-11-12-29(37)38/h14-19,33-34H,11-13H2,1-10H3,(H,37,38). The van der Waals surface area contributed by atoms with E-state index >= 15 is 0 Å². The molecule has 0 heterocycles. The lowest BCUT2D eigenvalue weighted by Gasteiger charge is -2.31. The van der Waals surface area contributed by atoms with E-state index in [9.17, 15) is 4.79 Å². The molecule has 11 heteroatoms. The molecular weight excluding hydrogens is 566 g/mol. The third kappa shape index (κ3) is 7.10. The third-order valence-electron chi connectivity index (χ3n) is 7.60. The lowest BCUT2D eigenvalue weighted by molar-refractivity contribution is -0.137. The van der Waals surface area contributed by atoms with Crippen LogP contribution in [0.3, 0.4) is 0 Å². The minimum atomic E-state index is -0.831. The number of ether oxygens (including phenoxy) is 6. The average molecular weight is 612 g/mol. The van der Waals surface area contributed by atoms with Crippen LogP contribution in [-0.4, -0.2) is 88.5 Å². The maximum absolute atomic E-state index is 11.1. The van der Waals surface area contributed by atoms with Crippen LogP contribution in [0.4, 0.5) is 17.1 Å². The average Bonchev–Trinajstić information content (AvgIpc) is 3.03. The Hall–Kier alpha value is -4.67. The zero-order valence-corrected chi connectivity index (χ0v) is 27.4. The van der Waals surface area contributed by atoms with Crippen molar-refractivity contribution in [3.63, 3.8) is 0 Å². The molecule has 0 radical (unpaired) electrons. The molecule has 0 fully saturated rings. The lowest BCUT2D eigenvalue weighted by atomic mass is 9.81. The quantitative estimate of drug-likeness (QED) is 0.205. The van der Waals surface area contributed by atoms with Gasteiger partial charge in [0, 0.05) is 111 Å². The number of methoxy groups -OCH3 is 6. The fourth-order valence-electron chi connectivity index (χ4n) is 5.29. The molecule has 0 spiro atoms. The molecular formula is C33H45N3O8. The topological polar surface area (TPSA) is 111 Å². The summed E-state index contributed by atoms with van der Waals surface area (Å²) >= 11 is 0. The monoisotopic (exact) mass is 611 g/mol. The molecule has 1 unspecified atom stereocenters. The molecule has 2 N–H and O–H groups in total. The Morgan fingerprint density at radius 2 is 1.05 bits per heavy atom. The summed E-state index contributed by atoms with van der Waals surface area (Å²) in [6.07, 6.45) is 0.559. The largest absolute Gasteiger partial charge is 0.496 e. The Balaban J connectivity index is 2.48. The van der Waals surface area contributed by atoms with Crippen LogP contribution in [0.1, 0.15) is 35.4 Å². The van der Waals surface area contributed by atoms with Crippen LogP contribution >= 0.6 is 0 Å². The summed E-state index contributed by atoms with van der Waals surface area (Å²) in [6, 6.07) is 11.5. The van der Waals surface area contributed by atoms with Gasteiger partial charge in [0.2, 0.25) is 0 Å². The molecule has 3 aromatic rings. The maximum Gasteiger partial charge on any atom is 0.303 e. The highest BCUT2D eigenvalue weighted by molar-refractivity contribution is 5.73. The second-order valence-electron chi connectivity index (χ2n) is 10.3. The molecule has 0 saturated heterocycles. The first-order chi connectivity index (χ1) is 21.1. The second kappa shape index (κ2) is 15.2. The number of nitrogens with one attached hydrogen (secondary N) is 1. The van der Waals surface area contributed by atoms with Crippen LogP contribution in [0.2, 0.25) is 0 Å². The Labute approximate surface area is 260 Å². The molecule has 0 aliphatic heterocycles. The summed E-state index contributed by atoms with van der Waals surface area (Å²) in [5.74, 6) is 1.92. The van der Waals surface area contributed by atoms with Crippen molar-refractivity contribution in [2.45, 2.75) is 18.8 Å². The van der Waals surface area contributed by atoms with Crippen molar-refractivity contribution < 1.29 is 38.3 Å². The van der Waals surface area contributed by atoms with Crippen molar-refractivity contribution in [2.75, 3.05) is 92.5 Å². The van der Waals surface area contributed by atoms with Crippen molar-refractivity contribution in [1.29, 1.82) is 0 Å². The van der Waals surface area contributed by atoms with Gasteiger partial charge in [-0.15, -0.1) is 0 Å². The van der Waals surface area contributed by atoms with E-state index in [-0.39, 0.29) is 6.42 Å². The highest BCUT2D eigenvalue weighted by Gasteiger charge is 2.36. The van der Waals surface area contributed by atoms with E-state index in [0.717, 1.165) is 17.1 Å². The van der Waals surface area contributed by atoms with Gasteiger partial charge in [0.15, 0.2) is 0 Å². The van der Waals surface area contributed by atoms with Gasteiger partial charge in [-0.05, 0) is 6.42 Å². The van der Waals surface area contributed by atoms with E-state index in [0.29, 0.717) is 64.2 Å². The van der Waals surface area contributed by atoms with Crippen LogP contribution in [0.25, 0.3) is 0 Å². The molecule has 0 aliphatic carbocycles. The molecule has 0 saturated carbocycles. The van der Waals surface area contributed by atoms with E-state index in [1.165, 1.54) is 0 Å². The van der Waals surface area contributed by atoms with Gasteiger partial charge in [0.25, 0.3) is 0 Å². The van der Waals surface area contributed by atoms with Crippen molar-refractivity contribution >= 4 is 23.0 Å². The van der Waals surface area contributed by atoms with Gasteiger partial charge >= 0.3 is 5.97 Å². The van der Waals surface area contributed by atoms with Crippen LogP contribution in [-0.2, 0) is 4.79 Å². The molecule has 44 heavy (non-hydrogen) atoms. The van der Waals surface area contributed by atoms with E-state index in [2.05, 4.69) is 5.32 Å². The Kier molecular flexibility index (Phi) is 11.7. The van der Waals surface area contributed by atoms with E-state index in [4.69, 9.17) is 33.5 Å². The fraction of sp³-hybridized carbons (Fsp3) is 0.424. The predicted octanol–water partition coefficient (Wildman–Crippen LogP) is 5.33. The number of hydrogen-bond acceptors (Lipinski definition) is 10. The number of carbonyl (C=O) groups is 1. The fourth-order valence-corrected chi connectivity index (χ4v) is 5.29.